The predicted octanol–water partition coefficient (Wildman–Crippen LogP) is 3.33. The fraction of sp³-hybridized carbons (Fsp3) is 0.214. The fourth-order valence-electron chi connectivity index (χ4n) is 1.89. The number of benzene rings is 1. The van der Waals surface area contributed by atoms with Crippen LogP contribution in [0.4, 0.5) is 17.6 Å². The number of hydrogen-bond donors (Lipinski definition) is 1. The second-order valence-electron chi connectivity index (χ2n) is 4.24. The molecule has 1 heterocycles. The Hall–Kier alpha value is -2.15. The largest absolute Gasteiger partial charge is 0.481 e. The second kappa shape index (κ2) is 5.69. The first-order valence-electron chi connectivity index (χ1n) is 5.88. The van der Waals surface area contributed by atoms with Crippen LogP contribution in [0, 0.1) is 5.82 Å². The number of aliphatic hydroxyl groups is 1. The van der Waals surface area contributed by atoms with E-state index in [0.717, 1.165) is 6.07 Å². The van der Waals surface area contributed by atoms with Gasteiger partial charge in [0.05, 0.1) is 12.7 Å². The summed E-state index contributed by atoms with van der Waals surface area (Å²) in [6.45, 7) is 0. The smallest absolute Gasteiger partial charge is 0.419 e. The Morgan fingerprint density at radius 2 is 1.95 bits per heavy atom. The van der Waals surface area contributed by atoms with Crippen LogP contribution in [-0.2, 0) is 6.18 Å². The molecule has 1 aromatic carbocycles. The Morgan fingerprint density at radius 3 is 2.57 bits per heavy atom. The number of ether oxygens (including phenoxy) is 1. The Morgan fingerprint density at radius 1 is 1.24 bits per heavy atom. The Bertz CT molecular complexity index is 643. The minimum atomic E-state index is -4.83. The molecule has 0 fully saturated rings. The van der Waals surface area contributed by atoms with Crippen molar-refractivity contribution in [1.29, 1.82) is 0 Å². The Kier molecular flexibility index (Phi) is 4.13. The third-order valence-electron chi connectivity index (χ3n) is 2.90. The fourth-order valence-corrected chi connectivity index (χ4v) is 1.89. The minimum absolute atomic E-state index is 0.0860. The molecule has 0 spiro atoms. The van der Waals surface area contributed by atoms with Gasteiger partial charge in [0.1, 0.15) is 11.9 Å². The summed E-state index contributed by atoms with van der Waals surface area (Å²) in [4.78, 5) is 3.85. The van der Waals surface area contributed by atoms with Gasteiger partial charge in [-0.15, -0.1) is 0 Å². The number of hydrogen-bond acceptors (Lipinski definition) is 3. The number of rotatable bonds is 3. The molecule has 0 saturated carbocycles. The molecule has 0 aliphatic heterocycles. The van der Waals surface area contributed by atoms with Crippen LogP contribution in [0.3, 0.4) is 0 Å². The van der Waals surface area contributed by atoms with Crippen molar-refractivity contribution < 1.29 is 27.4 Å². The molecule has 1 N–H and O–H groups in total. The third kappa shape index (κ3) is 3.13. The van der Waals surface area contributed by atoms with Crippen LogP contribution in [0.2, 0.25) is 0 Å². The van der Waals surface area contributed by atoms with E-state index in [2.05, 4.69) is 4.98 Å². The zero-order valence-corrected chi connectivity index (χ0v) is 10.9. The molecule has 0 aliphatic carbocycles. The van der Waals surface area contributed by atoms with Crippen molar-refractivity contribution >= 4 is 0 Å². The van der Waals surface area contributed by atoms with Gasteiger partial charge in [-0.25, -0.2) is 9.37 Å². The quantitative estimate of drug-likeness (QED) is 0.884. The zero-order chi connectivity index (χ0) is 15.6. The summed E-state index contributed by atoms with van der Waals surface area (Å²) >= 11 is 0. The number of aliphatic hydroxyl groups excluding tert-OH is 1. The normalized spacial score (nSPS) is 13.0. The SMILES string of the molecule is COc1ncccc1C(O)c1ccc(F)c(C(F)(F)F)c1. The summed E-state index contributed by atoms with van der Waals surface area (Å²) < 4.78 is 56.2. The van der Waals surface area contributed by atoms with Gasteiger partial charge in [0.25, 0.3) is 0 Å². The van der Waals surface area contributed by atoms with Gasteiger partial charge in [-0.3, -0.25) is 0 Å². The van der Waals surface area contributed by atoms with Crippen molar-refractivity contribution in [2.45, 2.75) is 12.3 Å². The molecule has 0 bridgehead atoms. The first kappa shape index (κ1) is 15.2. The number of nitrogens with zero attached hydrogens (tertiary/aromatic N) is 1. The predicted molar refractivity (Wildman–Crippen MR) is 66.3 cm³/mol. The maximum Gasteiger partial charge on any atom is 0.419 e. The van der Waals surface area contributed by atoms with E-state index in [1.807, 2.05) is 0 Å². The molecule has 3 nitrogen and oxygen atoms in total. The monoisotopic (exact) mass is 301 g/mol. The van der Waals surface area contributed by atoms with Crippen LogP contribution < -0.4 is 4.74 Å². The maximum atomic E-state index is 13.2. The average molecular weight is 301 g/mol. The van der Waals surface area contributed by atoms with Gasteiger partial charge in [0.2, 0.25) is 5.88 Å². The van der Waals surface area contributed by atoms with Crippen LogP contribution in [-0.4, -0.2) is 17.2 Å². The van der Waals surface area contributed by atoms with Crippen LogP contribution in [0.25, 0.3) is 0 Å². The lowest BCUT2D eigenvalue weighted by Gasteiger charge is -2.16. The lowest BCUT2D eigenvalue weighted by Crippen LogP contribution is -2.11. The summed E-state index contributed by atoms with van der Waals surface area (Å²) in [5.74, 6) is -1.31. The highest BCUT2D eigenvalue weighted by molar-refractivity contribution is 5.38. The molecule has 0 aliphatic rings. The molecule has 2 rings (SSSR count). The van der Waals surface area contributed by atoms with Crippen molar-refractivity contribution in [3.8, 4) is 5.88 Å². The van der Waals surface area contributed by atoms with Crippen molar-refractivity contribution in [2.75, 3.05) is 7.11 Å². The van der Waals surface area contributed by atoms with Crippen molar-refractivity contribution in [3.63, 3.8) is 0 Å². The van der Waals surface area contributed by atoms with Gasteiger partial charge in [-0.05, 0) is 29.8 Å². The Balaban J connectivity index is 2.47. The van der Waals surface area contributed by atoms with Crippen molar-refractivity contribution in [1.82, 2.24) is 4.98 Å². The summed E-state index contributed by atoms with van der Waals surface area (Å²) in [5.41, 5.74) is -1.34. The number of alkyl halides is 3. The molecule has 1 aromatic heterocycles. The van der Waals surface area contributed by atoms with Crippen molar-refractivity contribution in [3.05, 3.63) is 59.0 Å². The molecular formula is C14H11F4NO2. The molecular weight excluding hydrogens is 290 g/mol. The number of halogens is 4. The van der Waals surface area contributed by atoms with E-state index in [9.17, 15) is 22.7 Å². The number of pyridine rings is 1. The summed E-state index contributed by atoms with van der Waals surface area (Å²) in [5, 5.41) is 10.2. The van der Waals surface area contributed by atoms with E-state index in [4.69, 9.17) is 4.74 Å². The van der Waals surface area contributed by atoms with Crippen LogP contribution in [0.1, 0.15) is 22.8 Å². The standard InChI is InChI=1S/C14H11F4NO2/c1-21-13-9(3-2-6-19-13)12(20)8-4-5-11(15)10(7-8)14(16,17)18/h2-7,12,20H,1H3. The van der Waals surface area contributed by atoms with E-state index in [0.29, 0.717) is 12.1 Å². The molecule has 1 unspecified atom stereocenters. The van der Waals surface area contributed by atoms with Gasteiger partial charge >= 0.3 is 6.18 Å². The second-order valence-corrected chi connectivity index (χ2v) is 4.24. The summed E-state index contributed by atoms with van der Waals surface area (Å²) in [6, 6.07) is 5.31. The van der Waals surface area contributed by atoms with E-state index < -0.39 is 23.7 Å². The lowest BCUT2D eigenvalue weighted by atomic mass is 10.00. The average Bonchev–Trinajstić information content (AvgIpc) is 2.45. The first-order chi connectivity index (χ1) is 9.84. The molecule has 2 aromatic rings. The van der Waals surface area contributed by atoms with E-state index in [1.165, 1.54) is 25.4 Å². The first-order valence-corrected chi connectivity index (χ1v) is 5.88. The molecule has 0 saturated heterocycles. The highest BCUT2D eigenvalue weighted by Crippen LogP contribution is 2.35. The van der Waals surface area contributed by atoms with Gasteiger partial charge < -0.3 is 9.84 Å². The lowest BCUT2D eigenvalue weighted by molar-refractivity contribution is -0.140. The molecule has 1 atom stereocenters. The topological polar surface area (TPSA) is 42.4 Å². The molecule has 0 amide bonds. The van der Waals surface area contributed by atoms with Crippen LogP contribution in [0.5, 0.6) is 5.88 Å². The zero-order valence-electron chi connectivity index (χ0n) is 10.9. The van der Waals surface area contributed by atoms with Gasteiger partial charge in [0.15, 0.2) is 0 Å². The minimum Gasteiger partial charge on any atom is -0.481 e. The molecule has 7 heteroatoms. The van der Waals surface area contributed by atoms with E-state index >= 15 is 0 Å². The van der Waals surface area contributed by atoms with Gasteiger partial charge in [-0.2, -0.15) is 13.2 Å². The van der Waals surface area contributed by atoms with Gasteiger partial charge in [0, 0.05) is 11.8 Å². The van der Waals surface area contributed by atoms with E-state index in [1.54, 1.807) is 0 Å². The number of aromatic nitrogens is 1. The highest BCUT2D eigenvalue weighted by atomic mass is 19.4. The van der Waals surface area contributed by atoms with Gasteiger partial charge in [-0.1, -0.05) is 6.07 Å². The van der Waals surface area contributed by atoms with Crippen LogP contribution >= 0.6 is 0 Å². The molecule has 112 valence electrons. The maximum absolute atomic E-state index is 13.2. The molecule has 0 radical (unpaired) electrons. The molecule has 21 heavy (non-hydrogen) atoms. The van der Waals surface area contributed by atoms with Crippen LogP contribution in [0.15, 0.2) is 36.5 Å². The Labute approximate surface area is 117 Å². The number of methoxy groups -OCH3 is 1. The van der Waals surface area contributed by atoms with E-state index in [-0.39, 0.29) is 17.0 Å². The highest BCUT2D eigenvalue weighted by Gasteiger charge is 2.34. The third-order valence-corrected chi connectivity index (χ3v) is 2.90. The van der Waals surface area contributed by atoms with Crippen molar-refractivity contribution in [2.24, 2.45) is 0 Å². The summed E-state index contributed by atoms with van der Waals surface area (Å²) in [6.07, 6.45) is -4.82. The summed E-state index contributed by atoms with van der Waals surface area (Å²) in [7, 11) is 1.32.